The third kappa shape index (κ3) is 5.57. The lowest BCUT2D eigenvalue weighted by molar-refractivity contribution is -0.325. The first kappa shape index (κ1) is 25.1. The number of fused-ring (bicyclic) bond motifs is 1. The molecule has 0 aliphatic carbocycles. The number of benzene rings is 1. The van der Waals surface area contributed by atoms with E-state index in [1.54, 1.807) is 4.57 Å². The molecule has 0 unspecified atom stereocenters. The van der Waals surface area contributed by atoms with Crippen LogP contribution in [-0.4, -0.2) is 48.8 Å². The largest absolute Gasteiger partial charge is 0.522 e. The van der Waals surface area contributed by atoms with E-state index in [4.69, 9.17) is 0 Å². The second kappa shape index (κ2) is 8.42. The number of rotatable bonds is 7. The fraction of sp³-hybridized carbons (Fsp3) is 0.600. The van der Waals surface area contributed by atoms with Crippen LogP contribution in [0.2, 0.25) is 0 Å². The molecule has 1 aromatic heterocycles. The summed E-state index contributed by atoms with van der Waals surface area (Å²) in [5.74, 6) is -0.397. The molecule has 2 rings (SSSR count). The van der Waals surface area contributed by atoms with E-state index in [-0.39, 0.29) is 16.9 Å². The van der Waals surface area contributed by atoms with Crippen molar-refractivity contribution in [1.82, 2.24) is 9.55 Å². The van der Waals surface area contributed by atoms with Crippen LogP contribution in [0.15, 0.2) is 23.1 Å². The molecule has 31 heavy (non-hydrogen) atoms. The van der Waals surface area contributed by atoms with Gasteiger partial charge in [-0.25, -0.2) is 13.4 Å². The van der Waals surface area contributed by atoms with Gasteiger partial charge in [0.1, 0.15) is 5.82 Å². The molecule has 0 bridgehead atoms. The van der Waals surface area contributed by atoms with Gasteiger partial charge in [0.25, 0.3) is 0 Å². The first-order valence-corrected chi connectivity index (χ1v) is 11.0. The normalized spacial score (nSPS) is 13.6. The molecule has 1 heterocycles. The van der Waals surface area contributed by atoms with Crippen LogP contribution in [0.25, 0.3) is 11.0 Å². The lowest BCUT2D eigenvalue weighted by Crippen LogP contribution is -2.41. The number of nitrogens with zero attached hydrogens (tertiary/aromatic N) is 2. The summed E-state index contributed by atoms with van der Waals surface area (Å²) in [5.41, 5.74) is 0.555. The summed E-state index contributed by atoms with van der Waals surface area (Å²) in [6.07, 6.45) is -4.30. The van der Waals surface area contributed by atoms with Crippen LogP contribution in [0, 0.1) is 5.41 Å². The number of carbonyl (C=O) groups excluding carboxylic acids is 1. The van der Waals surface area contributed by atoms with Crippen LogP contribution < -0.4 is 0 Å². The Balaban J connectivity index is 2.55. The molecule has 0 aliphatic rings. The van der Waals surface area contributed by atoms with E-state index in [0.717, 1.165) is 7.11 Å². The van der Waals surface area contributed by atoms with Gasteiger partial charge in [0.2, 0.25) is 0 Å². The predicted molar refractivity (Wildman–Crippen MR) is 108 cm³/mol. The Morgan fingerprint density at radius 2 is 1.74 bits per heavy atom. The average Bonchev–Trinajstić information content (AvgIpc) is 2.94. The van der Waals surface area contributed by atoms with Crippen LogP contribution in [0.1, 0.15) is 40.4 Å². The van der Waals surface area contributed by atoms with Crippen LogP contribution >= 0.6 is 0 Å². The fourth-order valence-electron chi connectivity index (χ4n) is 3.09. The van der Waals surface area contributed by atoms with Gasteiger partial charge in [-0.2, -0.15) is 0 Å². The molecule has 0 spiro atoms. The number of imidazole rings is 1. The van der Waals surface area contributed by atoms with Crippen molar-refractivity contribution in [2.75, 3.05) is 13.7 Å². The monoisotopic (exact) mass is 464 g/mol. The molecule has 0 N–H and O–H groups in total. The van der Waals surface area contributed by atoms with Crippen molar-refractivity contribution in [3.63, 3.8) is 0 Å². The maximum absolute atomic E-state index is 13.0. The number of ether oxygens (including phenoxy) is 2. The molecule has 7 nitrogen and oxygen atoms in total. The minimum atomic E-state index is -4.75. The second-order valence-corrected chi connectivity index (χ2v) is 11.4. The predicted octanol–water partition coefficient (Wildman–Crippen LogP) is 3.89. The Kier molecular flexibility index (Phi) is 6.82. The Morgan fingerprint density at radius 1 is 1.13 bits per heavy atom. The molecule has 0 fully saturated rings. The summed E-state index contributed by atoms with van der Waals surface area (Å²) in [7, 11) is -3.01. The second-order valence-electron chi connectivity index (χ2n) is 8.87. The number of sulfone groups is 1. The van der Waals surface area contributed by atoms with Gasteiger partial charge in [-0.05, 0) is 37.5 Å². The van der Waals surface area contributed by atoms with E-state index < -0.39 is 33.5 Å². The molecule has 11 heteroatoms. The van der Waals surface area contributed by atoms with Gasteiger partial charge >= 0.3 is 12.3 Å². The zero-order chi connectivity index (χ0) is 23.8. The zero-order valence-electron chi connectivity index (χ0n) is 18.3. The van der Waals surface area contributed by atoms with Crippen LogP contribution in [0.4, 0.5) is 13.2 Å². The summed E-state index contributed by atoms with van der Waals surface area (Å²) in [6.45, 7) is 7.64. The molecule has 0 amide bonds. The third-order valence-electron chi connectivity index (χ3n) is 4.73. The van der Waals surface area contributed by atoms with Gasteiger partial charge in [-0.15, -0.1) is 13.2 Å². The van der Waals surface area contributed by atoms with Gasteiger partial charge in [0.15, 0.2) is 14.6 Å². The summed E-state index contributed by atoms with van der Waals surface area (Å²) in [4.78, 5) is 16.4. The van der Waals surface area contributed by atoms with Crippen LogP contribution in [0.5, 0.6) is 0 Å². The van der Waals surface area contributed by atoms with E-state index in [9.17, 15) is 26.4 Å². The van der Waals surface area contributed by atoms with Crippen molar-refractivity contribution in [2.24, 2.45) is 5.41 Å². The summed E-state index contributed by atoms with van der Waals surface area (Å²) in [6, 6.07) is 4.11. The van der Waals surface area contributed by atoms with Gasteiger partial charge in [0.05, 0.1) is 29.6 Å². The number of hydrogen-bond acceptors (Lipinski definition) is 6. The van der Waals surface area contributed by atoms with E-state index in [1.807, 2.05) is 20.8 Å². The van der Waals surface area contributed by atoms with Crippen LogP contribution in [0.3, 0.4) is 0 Å². The number of carbonyl (C=O) groups is 1. The minimum Gasteiger partial charge on any atom is -0.468 e. The number of methoxy groups -OCH3 is 1. The standard InChI is InChI=1S/C20H27F3N2O5S/c1-18(2,3)12-16-24-14-11-13(31(27,28)19(4,5)17(26)29-6)7-8-15(14)25(16)9-10-30-20(21,22)23/h7-8,11H,9-10,12H2,1-6H3. The molecule has 174 valence electrons. The molecule has 0 aliphatic heterocycles. The van der Waals surface area contributed by atoms with Gasteiger partial charge in [0, 0.05) is 13.0 Å². The molecule has 2 aromatic rings. The molecule has 0 saturated carbocycles. The lowest BCUT2D eigenvalue weighted by atomic mass is 9.92. The van der Waals surface area contributed by atoms with Crippen molar-refractivity contribution in [2.45, 2.75) is 63.6 Å². The molecule has 1 aromatic carbocycles. The number of hydrogen-bond donors (Lipinski definition) is 0. The molecule has 0 atom stereocenters. The van der Waals surface area contributed by atoms with Crippen LogP contribution in [-0.2, 0) is 37.1 Å². The highest BCUT2D eigenvalue weighted by atomic mass is 32.2. The summed E-state index contributed by atoms with van der Waals surface area (Å²) in [5, 5.41) is 0. The van der Waals surface area contributed by atoms with Crippen molar-refractivity contribution >= 4 is 26.8 Å². The Bertz CT molecular complexity index is 1070. The number of halogens is 3. The van der Waals surface area contributed by atoms with Gasteiger partial charge in [-0.3, -0.25) is 9.53 Å². The number of alkyl halides is 3. The van der Waals surface area contributed by atoms with Crippen molar-refractivity contribution < 1.29 is 35.9 Å². The van der Waals surface area contributed by atoms with Gasteiger partial charge in [-0.1, -0.05) is 20.8 Å². The lowest BCUT2D eigenvalue weighted by Gasteiger charge is -2.21. The average molecular weight is 465 g/mol. The zero-order valence-corrected chi connectivity index (χ0v) is 19.1. The molecule has 0 radical (unpaired) electrons. The van der Waals surface area contributed by atoms with E-state index in [1.165, 1.54) is 32.0 Å². The first-order chi connectivity index (χ1) is 14.0. The molecular weight excluding hydrogens is 437 g/mol. The van der Waals surface area contributed by atoms with E-state index >= 15 is 0 Å². The van der Waals surface area contributed by atoms with Crippen molar-refractivity contribution in [1.29, 1.82) is 0 Å². The highest BCUT2D eigenvalue weighted by Gasteiger charge is 2.44. The maximum Gasteiger partial charge on any atom is 0.522 e. The van der Waals surface area contributed by atoms with E-state index in [2.05, 4.69) is 14.5 Å². The topological polar surface area (TPSA) is 87.5 Å². The summed E-state index contributed by atoms with van der Waals surface area (Å²) >= 11 is 0. The molecule has 0 saturated heterocycles. The number of aromatic nitrogens is 2. The molecular formula is C20H27F3N2O5S. The smallest absolute Gasteiger partial charge is 0.468 e. The summed E-state index contributed by atoms with van der Waals surface area (Å²) < 4.78 is 71.6. The van der Waals surface area contributed by atoms with Crippen molar-refractivity contribution in [3.05, 3.63) is 24.0 Å². The highest BCUT2D eigenvalue weighted by Crippen LogP contribution is 2.31. The Labute approximate surface area is 179 Å². The third-order valence-corrected chi connectivity index (χ3v) is 7.11. The van der Waals surface area contributed by atoms with Crippen molar-refractivity contribution in [3.8, 4) is 0 Å². The number of esters is 1. The fourth-order valence-corrected chi connectivity index (χ4v) is 4.49. The van der Waals surface area contributed by atoms with E-state index in [0.29, 0.717) is 23.3 Å². The Hall–Kier alpha value is -2.14. The first-order valence-electron chi connectivity index (χ1n) is 9.52. The highest BCUT2D eigenvalue weighted by molar-refractivity contribution is 7.93. The SMILES string of the molecule is COC(=O)C(C)(C)S(=O)(=O)c1ccc2c(c1)nc(CC(C)(C)C)n2CCOC(F)(F)F. The Morgan fingerprint density at radius 3 is 2.26 bits per heavy atom. The quantitative estimate of drug-likeness (QED) is 0.578. The van der Waals surface area contributed by atoms with Gasteiger partial charge < -0.3 is 9.30 Å². The maximum atomic E-state index is 13.0. The minimum absolute atomic E-state index is 0.110.